The summed E-state index contributed by atoms with van der Waals surface area (Å²) in [7, 11) is 1.46. The summed E-state index contributed by atoms with van der Waals surface area (Å²) in [5.74, 6) is -0.0779. The predicted octanol–water partition coefficient (Wildman–Crippen LogP) is 6.98. The van der Waals surface area contributed by atoms with Gasteiger partial charge in [-0.15, -0.1) is 0 Å². The average molecular weight is 325 g/mol. The molecule has 0 fully saturated rings. The number of carbonyl (C=O) groups is 1. The minimum absolute atomic E-state index is 0.0779. The van der Waals surface area contributed by atoms with Gasteiger partial charge in [-0.1, -0.05) is 83.3 Å². The van der Waals surface area contributed by atoms with Gasteiger partial charge in [0.15, 0.2) is 0 Å². The molecule has 0 unspecified atom stereocenters. The molecule has 0 aliphatic carbocycles. The molecule has 0 heterocycles. The van der Waals surface area contributed by atoms with E-state index in [-0.39, 0.29) is 5.97 Å². The van der Waals surface area contributed by atoms with Crippen LogP contribution in [0.5, 0.6) is 0 Å². The molecule has 0 saturated carbocycles. The maximum absolute atomic E-state index is 10.9. The van der Waals surface area contributed by atoms with Gasteiger partial charge in [-0.25, -0.2) is 0 Å². The summed E-state index contributed by atoms with van der Waals surface area (Å²) in [5, 5.41) is 0. The van der Waals surface area contributed by atoms with Gasteiger partial charge in [-0.3, -0.25) is 4.79 Å². The van der Waals surface area contributed by atoms with Crippen LogP contribution < -0.4 is 0 Å². The van der Waals surface area contributed by atoms with E-state index in [1.165, 1.54) is 90.6 Å². The Bertz CT molecular complexity index is 271. The molecule has 0 radical (unpaired) electrons. The topological polar surface area (TPSA) is 26.3 Å². The number of unbranched alkanes of at least 4 members (excludes halogenated alkanes) is 13. The molecular weight excluding hydrogens is 284 g/mol. The SMILES string of the molecule is CCCCCCCCCCC/C=C/CCCCCCC(=O)OC. The van der Waals surface area contributed by atoms with Gasteiger partial charge < -0.3 is 4.74 Å². The van der Waals surface area contributed by atoms with Crippen molar-refractivity contribution in [2.24, 2.45) is 0 Å². The highest BCUT2D eigenvalue weighted by atomic mass is 16.5. The normalized spacial score (nSPS) is 11.2. The lowest BCUT2D eigenvalue weighted by Gasteiger charge is -2.01. The maximum atomic E-state index is 10.9. The van der Waals surface area contributed by atoms with E-state index in [9.17, 15) is 4.79 Å². The molecule has 0 amide bonds. The lowest BCUT2D eigenvalue weighted by molar-refractivity contribution is -0.140. The molecule has 0 aromatic heterocycles. The van der Waals surface area contributed by atoms with Gasteiger partial charge in [0.1, 0.15) is 0 Å². The van der Waals surface area contributed by atoms with Gasteiger partial charge in [0.2, 0.25) is 0 Å². The zero-order chi connectivity index (χ0) is 17.0. The number of carbonyl (C=O) groups excluding carboxylic acids is 1. The first-order valence-electron chi connectivity index (χ1n) is 10.0. The van der Waals surface area contributed by atoms with Crippen molar-refractivity contribution in [3.63, 3.8) is 0 Å². The third-order valence-corrected chi connectivity index (χ3v) is 4.37. The lowest BCUT2D eigenvalue weighted by atomic mass is 10.1. The molecular formula is C21H40O2. The van der Waals surface area contributed by atoms with Crippen molar-refractivity contribution < 1.29 is 9.53 Å². The van der Waals surface area contributed by atoms with Gasteiger partial charge in [0.05, 0.1) is 7.11 Å². The Labute approximate surface area is 145 Å². The number of methoxy groups -OCH3 is 1. The van der Waals surface area contributed by atoms with Crippen molar-refractivity contribution in [1.82, 2.24) is 0 Å². The van der Waals surface area contributed by atoms with Crippen LogP contribution >= 0.6 is 0 Å². The van der Waals surface area contributed by atoms with E-state index in [0.717, 1.165) is 12.8 Å². The number of hydrogen-bond donors (Lipinski definition) is 0. The first-order valence-corrected chi connectivity index (χ1v) is 10.0. The third-order valence-electron chi connectivity index (χ3n) is 4.37. The van der Waals surface area contributed by atoms with Crippen LogP contribution in [0.4, 0.5) is 0 Å². The predicted molar refractivity (Wildman–Crippen MR) is 101 cm³/mol. The molecule has 136 valence electrons. The molecule has 0 aliphatic heterocycles. The van der Waals surface area contributed by atoms with Crippen molar-refractivity contribution in [2.45, 2.75) is 110 Å². The molecule has 2 nitrogen and oxygen atoms in total. The molecule has 0 saturated heterocycles. The lowest BCUT2D eigenvalue weighted by Crippen LogP contribution is -1.98. The van der Waals surface area contributed by atoms with Crippen LogP contribution in [0.1, 0.15) is 110 Å². The summed E-state index contributed by atoms with van der Waals surface area (Å²) in [5.41, 5.74) is 0. The Balaban J connectivity index is 3.10. The second-order valence-electron chi connectivity index (χ2n) is 6.62. The van der Waals surface area contributed by atoms with E-state index in [4.69, 9.17) is 0 Å². The minimum atomic E-state index is -0.0779. The molecule has 0 bridgehead atoms. The summed E-state index contributed by atoms with van der Waals surface area (Å²) in [6, 6.07) is 0. The first-order chi connectivity index (χ1) is 11.3. The molecule has 0 aromatic rings. The van der Waals surface area contributed by atoms with E-state index < -0.39 is 0 Å². The Morgan fingerprint density at radius 3 is 1.61 bits per heavy atom. The fourth-order valence-corrected chi connectivity index (χ4v) is 2.80. The van der Waals surface area contributed by atoms with E-state index in [0.29, 0.717) is 6.42 Å². The highest BCUT2D eigenvalue weighted by Crippen LogP contribution is 2.11. The zero-order valence-electron chi connectivity index (χ0n) is 15.8. The van der Waals surface area contributed by atoms with Gasteiger partial charge in [0.25, 0.3) is 0 Å². The average Bonchev–Trinajstić information content (AvgIpc) is 2.57. The quantitative estimate of drug-likeness (QED) is 0.164. The highest BCUT2D eigenvalue weighted by Gasteiger charge is 1.98. The summed E-state index contributed by atoms with van der Waals surface area (Å²) >= 11 is 0. The summed E-state index contributed by atoms with van der Waals surface area (Å²) in [6.45, 7) is 2.28. The number of hydrogen-bond acceptors (Lipinski definition) is 2. The van der Waals surface area contributed by atoms with Crippen LogP contribution in [-0.2, 0) is 9.53 Å². The minimum Gasteiger partial charge on any atom is -0.469 e. The number of allylic oxidation sites excluding steroid dienone is 2. The van der Waals surface area contributed by atoms with E-state index in [1.54, 1.807) is 0 Å². The molecule has 0 aromatic carbocycles. The van der Waals surface area contributed by atoms with Crippen LogP contribution in [0.3, 0.4) is 0 Å². The Hall–Kier alpha value is -0.790. The molecule has 0 rings (SSSR count). The van der Waals surface area contributed by atoms with Crippen molar-refractivity contribution in [3.8, 4) is 0 Å². The molecule has 0 atom stereocenters. The second-order valence-corrected chi connectivity index (χ2v) is 6.62. The second kappa shape index (κ2) is 19.3. The van der Waals surface area contributed by atoms with E-state index in [1.807, 2.05) is 0 Å². The molecule has 0 aliphatic rings. The Morgan fingerprint density at radius 1 is 0.696 bits per heavy atom. The van der Waals surface area contributed by atoms with Crippen molar-refractivity contribution in [1.29, 1.82) is 0 Å². The fraction of sp³-hybridized carbons (Fsp3) is 0.857. The highest BCUT2D eigenvalue weighted by molar-refractivity contribution is 5.68. The first kappa shape index (κ1) is 22.2. The van der Waals surface area contributed by atoms with Crippen molar-refractivity contribution in [3.05, 3.63) is 12.2 Å². The Kier molecular flexibility index (Phi) is 18.6. The fourth-order valence-electron chi connectivity index (χ4n) is 2.80. The maximum Gasteiger partial charge on any atom is 0.305 e. The summed E-state index contributed by atoms with van der Waals surface area (Å²) in [6.07, 6.45) is 24.9. The Morgan fingerprint density at radius 2 is 1.13 bits per heavy atom. The monoisotopic (exact) mass is 324 g/mol. The molecule has 0 N–H and O–H groups in total. The smallest absolute Gasteiger partial charge is 0.305 e. The van der Waals surface area contributed by atoms with Crippen molar-refractivity contribution in [2.75, 3.05) is 7.11 Å². The molecule has 2 heteroatoms. The van der Waals surface area contributed by atoms with Gasteiger partial charge >= 0.3 is 5.97 Å². The van der Waals surface area contributed by atoms with E-state index in [2.05, 4.69) is 23.8 Å². The molecule has 23 heavy (non-hydrogen) atoms. The summed E-state index contributed by atoms with van der Waals surface area (Å²) < 4.78 is 4.63. The summed E-state index contributed by atoms with van der Waals surface area (Å²) in [4.78, 5) is 10.9. The van der Waals surface area contributed by atoms with E-state index >= 15 is 0 Å². The largest absolute Gasteiger partial charge is 0.469 e. The molecule has 0 spiro atoms. The van der Waals surface area contributed by atoms with Crippen LogP contribution in [0.2, 0.25) is 0 Å². The van der Waals surface area contributed by atoms with Gasteiger partial charge in [-0.05, 0) is 32.1 Å². The van der Waals surface area contributed by atoms with Crippen LogP contribution in [0.25, 0.3) is 0 Å². The van der Waals surface area contributed by atoms with Crippen molar-refractivity contribution >= 4 is 5.97 Å². The van der Waals surface area contributed by atoms with Crippen LogP contribution in [-0.4, -0.2) is 13.1 Å². The van der Waals surface area contributed by atoms with Crippen LogP contribution in [0, 0.1) is 0 Å². The zero-order valence-corrected chi connectivity index (χ0v) is 15.8. The third kappa shape index (κ3) is 19.2. The van der Waals surface area contributed by atoms with Gasteiger partial charge in [-0.2, -0.15) is 0 Å². The standard InChI is InChI=1S/C21H40O2/c1-3-4-5-6-7-8-9-10-11-12-13-14-15-16-17-18-19-20-21(22)23-2/h13-14H,3-12,15-20H2,1-2H3/b14-13+. The van der Waals surface area contributed by atoms with Crippen LogP contribution in [0.15, 0.2) is 12.2 Å². The number of rotatable bonds is 17. The van der Waals surface area contributed by atoms with Gasteiger partial charge in [0, 0.05) is 6.42 Å². The number of ether oxygens (including phenoxy) is 1. The number of esters is 1.